The van der Waals surface area contributed by atoms with Crippen LogP contribution >= 0.6 is 11.5 Å². The number of hydrogen-bond donors (Lipinski definition) is 0. The molecule has 0 unspecified atom stereocenters. The van der Waals surface area contributed by atoms with Gasteiger partial charge in [-0.1, -0.05) is 41.5 Å². The molecule has 3 heteroatoms. The summed E-state index contributed by atoms with van der Waals surface area (Å²) in [4.78, 5) is 12.8. The van der Waals surface area contributed by atoms with Gasteiger partial charge in [-0.2, -0.15) is 4.37 Å². The molecule has 0 spiro atoms. The molecule has 16 heavy (non-hydrogen) atoms. The van der Waals surface area contributed by atoms with Gasteiger partial charge in [0.1, 0.15) is 0 Å². The van der Waals surface area contributed by atoms with Crippen LogP contribution in [0.1, 0.15) is 56.9 Å². The summed E-state index contributed by atoms with van der Waals surface area (Å²) in [5.41, 5.74) is 0.937. The second kappa shape index (κ2) is 4.28. The number of nitrogens with zero attached hydrogens (tertiary/aromatic N) is 1. The van der Waals surface area contributed by atoms with Gasteiger partial charge in [0, 0.05) is 5.41 Å². The number of ketones is 1. The van der Waals surface area contributed by atoms with E-state index in [4.69, 9.17) is 0 Å². The molecule has 2 nitrogen and oxygen atoms in total. The summed E-state index contributed by atoms with van der Waals surface area (Å²) in [7, 11) is 0. The highest BCUT2D eigenvalue weighted by Gasteiger charge is 2.25. The van der Waals surface area contributed by atoms with Gasteiger partial charge in [-0.3, -0.25) is 4.79 Å². The first-order valence-corrected chi connectivity index (χ1v) is 6.37. The van der Waals surface area contributed by atoms with E-state index < -0.39 is 0 Å². The fourth-order valence-electron chi connectivity index (χ4n) is 1.42. The molecule has 0 aliphatic carbocycles. The number of Topliss-reactive ketones (excluding diaryl/α,β-unsaturated/α-hetero) is 1. The Labute approximate surface area is 102 Å². The molecule has 0 bridgehead atoms. The molecule has 0 atom stereocenters. The minimum atomic E-state index is -0.314. The molecule has 1 heterocycles. The zero-order valence-electron chi connectivity index (χ0n) is 11.0. The lowest BCUT2D eigenvalue weighted by Gasteiger charge is -2.16. The molecule has 1 aromatic heterocycles. The Hall–Kier alpha value is -0.700. The normalized spacial score (nSPS) is 12.9. The van der Waals surface area contributed by atoms with E-state index in [0.29, 0.717) is 0 Å². The van der Waals surface area contributed by atoms with E-state index >= 15 is 0 Å². The minimum absolute atomic E-state index is 0.185. The number of hydrogen-bond acceptors (Lipinski definition) is 3. The molecule has 0 amide bonds. The Bertz CT molecular complexity index is 379. The van der Waals surface area contributed by atoms with Crippen molar-refractivity contribution in [2.45, 2.75) is 48.0 Å². The lowest BCUT2D eigenvalue weighted by atomic mass is 9.88. The van der Waals surface area contributed by atoms with Crippen molar-refractivity contribution >= 4 is 17.3 Å². The Morgan fingerprint density at radius 2 is 1.81 bits per heavy atom. The number of carbonyl (C=O) groups is 1. The topological polar surface area (TPSA) is 30.0 Å². The van der Waals surface area contributed by atoms with Crippen molar-refractivity contribution in [2.24, 2.45) is 10.8 Å². The van der Waals surface area contributed by atoms with Crippen LogP contribution in [0.3, 0.4) is 0 Å². The average Bonchev–Trinajstić information content (AvgIpc) is 2.46. The van der Waals surface area contributed by atoms with Gasteiger partial charge >= 0.3 is 0 Å². The molecule has 0 aliphatic rings. The van der Waals surface area contributed by atoms with Gasteiger partial charge in [0.15, 0.2) is 5.78 Å². The van der Waals surface area contributed by atoms with Gasteiger partial charge in [-0.05, 0) is 29.4 Å². The van der Waals surface area contributed by atoms with E-state index in [0.717, 1.165) is 17.0 Å². The van der Waals surface area contributed by atoms with Crippen molar-refractivity contribution in [3.05, 3.63) is 16.6 Å². The van der Waals surface area contributed by atoms with E-state index in [1.165, 1.54) is 11.5 Å². The smallest absolute Gasteiger partial charge is 0.179 e. The zero-order valence-corrected chi connectivity index (χ0v) is 11.9. The average molecular weight is 239 g/mol. The van der Waals surface area contributed by atoms with Crippen molar-refractivity contribution in [2.75, 3.05) is 0 Å². The Morgan fingerprint density at radius 1 is 1.25 bits per heavy atom. The molecule has 0 N–H and O–H groups in total. The molecule has 0 aromatic carbocycles. The second-order valence-electron chi connectivity index (χ2n) is 6.50. The summed E-state index contributed by atoms with van der Waals surface area (Å²) < 4.78 is 4.36. The first-order valence-electron chi connectivity index (χ1n) is 5.60. The van der Waals surface area contributed by atoms with E-state index in [2.05, 4.69) is 25.1 Å². The van der Waals surface area contributed by atoms with Crippen molar-refractivity contribution in [1.82, 2.24) is 4.37 Å². The van der Waals surface area contributed by atoms with Crippen LogP contribution in [0.25, 0.3) is 0 Å². The predicted octanol–water partition coefficient (Wildman–Crippen LogP) is 3.96. The van der Waals surface area contributed by atoms with Gasteiger partial charge < -0.3 is 0 Å². The van der Waals surface area contributed by atoms with E-state index in [1.54, 1.807) is 0 Å². The van der Waals surface area contributed by atoms with Crippen LogP contribution in [0.2, 0.25) is 0 Å². The molecule has 0 saturated carbocycles. The van der Waals surface area contributed by atoms with Crippen LogP contribution < -0.4 is 0 Å². The lowest BCUT2D eigenvalue weighted by molar-refractivity contribution is 0.0862. The minimum Gasteiger partial charge on any atom is -0.293 e. The summed E-state index contributed by atoms with van der Waals surface area (Å²) >= 11 is 1.33. The molecule has 0 fully saturated rings. The van der Waals surface area contributed by atoms with Crippen molar-refractivity contribution in [1.29, 1.82) is 0 Å². The van der Waals surface area contributed by atoms with Crippen LogP contribution in [-0.4, -0.2) is 10.2 Å². The third kappa shape index (κ3) is 3.71. The Morgan fingerprint density at radius 3 is 2.25 bits per heavy atom. The maximum atomic E-state index is 12.0. The van der Waals surface area contributed by atoms with Gasteiger partial charge in [-0.25, -0.2) is 0 Å². The molecule has 90 valence electrons. The highest BCUT2D eigenvalue weighted by Crippen LogP contribution is 2.26. The third-order valence-electron chi connectivity index (χ3n) is 2.18. The summed E-state index contributed by atoms with van der Waals surface area (Å²) in [6.45, 7) is 12.4. The monoisotopic (exact) mass is 239 g/mol. The van der Waals surface area contributed by atoms with Crippen LogP contribution in [0.4, 0.5) is 0 Å². The Balaban J connectivity index is 2.84. The molecular formula is C13H21NOS. The molecular weight excluding hydrogens is 218 g/mol. The molecule has 0 saturated heterocycles. The van der Waals surface area contributed by atoms with Crippen molar-refractivity contribution < 1.29 is 4.79 Å². The first-order chi connectivity index (χ1) is 7.09. The third-order valence-corrected chi connectivity index (χ3v) is 3.00. The van der Waals surface area contributed by atoms with Gasteiger partial charge in [0.25, 0.3) is 0 Å². The fourth-order valence-corrected chi connectivity index (χ4v) is 2.33. The molecule has 1 aromatic rings. The summed E-state index contributed by atoms with van der Waals surface area (Å²) in [5, 5.41) is 0. The maximum absolute atomic E-state index is 12.0. The SMILES string of the molecule is CC(C)(C)Cc1cc(C(=O)C(C)(C)C)sn1. The van der Waals surface area contributed by atoms with E-state index in [9.17, 15) is 4.79 Å². The largest absolute Gasteiger partial charge is 0.293 e. The van der Waals surface area contributed by atoms with Gasteiger partial charge in [0.2, 0.25) is 0 Å². The predicted molar refractivity (Wildman–Crippen MR) is 69.1 cm³/mol. The van der Waals surface area contributed by atoms with Crippen LogP contribution in [-0.2, 0) is 6.42 Å². The van der Waals surface area contributed by atoms with E-state index in [-0.39, 0.29) is 16.6 Å². The van der Waals surface area contributed by atoms with Crippen LogP contribution in [0.5, 0.6) is 0 Å². The second-order valence-corrected chi connectivity index (χ2v) is 7.30. The summed E-state index contributed by atoms with van der Waals surface area (Å²) in [6, 6.07) is 1.95. The van der Waals surface area contributed by atoms with Crippen molar-refractivity contribution in [3.63, 3.8) is 0 Å². The zero-order chi connectivity index (χ0) is 12.6. The first kappa shape index (κ1) is 13.4. The maximum Gasteiger partial charge on any atom is 0.179 e. The quantitative estimate of drug-likeness (QED) is 0.731. The highest BCUT2D eigenvalue weighted by atomic mass is 32.1. The summed E-state index contributed by atoms with van der Waals surface area (Å²) in [5.74, 6) is 0.185. The number of carbonyl (C=O) groups excluding carboxylic acids is 1. The number of rotatable bonds is 2. The summed E-state index contributed by atoms with van der Waals surface area (Å²) in [6.07, 6.45) is 0.918. The van der Waals surface area contributed by atoms with Gasteiger partial charge in [-0.15, -0.1) is 0 Å². The van der Waals surface area contributed by atoms with E-state index in [1.807, 2.05) is 26.8 Å². The number of aromatic nitrogens is 1. The van der Waals surface area contributed by atoms with Crippen molar-refractivity contribution in [3.8, 4) is 0 Å². The lowest BCUT2D eigenvalue weighted by Crippen LogP contribution is -2.19. The molecule has 0 radical (unpaired) electrons. The molecule has 0 aliphatic heterocycles. The van der Waals surface area contributed by atoms with Crippen LogP contribution in [0, 0.1) is 10.8 Å². The Kier molecular flexibility index (Phi) is 3.58. The van der Waals surface area contributed by atoms with Gasteiger partial charge in [0.05, 0.1) is 10.6 Å². The van der Waals surface area contributed by atoms with Crippen LogP contribution in [0.15, 0.2) is 6.07 Å². The molecule has 1 rings (SSSR count). The fraction of sp³-hybridized carbons (Fsp3) is 0.692. The highest BCUT2D eigenvalue weighted by molar-refractivity contribution is 7.08. The standard InChI is InChI=1S/C13H21NOS/c1-12(2,3)8-9-7-10(16-14-9)11(15)13(4,5)6/h7H,8H2,1-6H3.